The molecule has 0 saturated heterocycles. The van der Waals surface area contributed by atoms with Crippen LogP contribution in [-0.2, 0) is 18.0 Å². The van der Waals surface area contributed by atoms with E-state index in [1.54, 1.807) is 33.5 Å². The van der Waals surface area contributed by atoms with Crippen molar-refractivity contribution in [2.75, 3.05) is 19.5 Å². The van der Waals surface area contributed by atoms with Crippen LogP contribution in [0.15, 0.2) is 23.7 Å². The van der Waals surface area contributed by atoms with Gasteiger partial charge >= 0.3 is 0 Å². The second-order valence-electron chi connectivity index (χ2n) is 4.98. The number of ether oxygens (including phenoxy) is 1. The molecule has 0 bridgehead atoms. The highest BCUT2D eigenvalue weighted by Gasteiger charge is 2.12. The lowest BCUT2D eigenvalue weighted by Gasteiger charge is -2.10. The Balaban J connectivity index is 1.74. The van der Waals surface area contributed by atoms with Gasteiger partial charge in [-0.2, -0.15) is 5.10 Å². The Morgan fingerprint density at radius 1 is 1.29 bits per heavy atom. The second-order valence-corrected chi connectivity index (χ2v) is 5.78. The number of hydrogen-bond acceptors (Lipinski definition) is 9. The van der Waals surface area contributed by atoms with Crippen LogP contribution in [0.3, 0.4) is 0 Å². The van der Waals surface area contributed by atoms with Crippen LogP contribution in [0, 0.1) is 0 Å². The van der Waals surface area contributed by atoms with Crippen LogP contribution in [0.25, 0.3) is 11.0 Å². The molecule has 0 saturated carbocycles. The van der Waals surface area contributed by atoms with Crippen molar-refractivity contribution in [3.05, 3.63) is 24.4 Å². The fraction of sp³-hybridized carbons (Fsp3) is 0.462. The number of nitrogens with zero attached hydrogens (tertiary/aromatic N) is 7. The van der Waals surface area contributed by atoms with Crippen molar-refractivity contribution < 1.29 is 14.9 Å². The van der Waals surface area contributed by atoms with Gasteiger partial charge in [0.25, 0.3) is 0 Å². The SMILES string of the molecule is CSc1ncnc2c1cnn2Cc1cnnn1COCC(O)CO. The minimum absolute atomic E-state index is 0.0187. The third kappa shape index (κ3) is 3.53. The molecule has 3 aromatic heterocycles. The van der Waals surface area contributed by atoms with Gasteiger partial charge in [0, 0.05) is 0 Å². The van der Waals surface area contributed by atoms with E-state index in [0.717, 1.165) is 21.8 Å². The maximum absolute atomic E-state index is 9.28. The molecule has 0 aromatic carbocycles. The van der Waals surface area contributed by atoms with Crippen LogP contribution >= 0.6 is 11.8 Å². The molecular formula is C13H17N7O3S. The van der Waals surface area contributed by atoms with E-state index < -0.39 is 6.10 Å². The van der Waals surface area contributed by atoms with Crippen LogP contribution in [0.1, 0.15) is 5.69 Å². The highest BCUT2D eigenvalue weighted by Crippen LogP contribution is 2.22. The van der Waals surface area contributed by atoms with Crippen LogP contribution < -0.4 is 0 Å². The van der Waals surface area contributed by atoms with Crippen LogP contribution in [0.5, 0.6) is 0 Å². The summed E-state index contributed by atoms with van der Waals surface area (Å²) >= 11 is 1.54. The van der Waals surface area contributed by atoms with Crippen LogP contribution in [-0.4, -0.2) is 70.5 Å². The summed E-state index contributed by atoms with van der Waals surface area (Å²) < 4.78 is 8.61. The minimum Gasteiger partial charge on any atom is -0.394 e. The van der Waals surface area contributed by atoms with Crippen molar-refractivity contribution >= 4 is 22.8 Å². The van der Waals surface area contributed by atoms with Crippen molar-refractivity contribution in [3.63, 3.8) is 0 Å². The number of aliphatic hydroxyl groups is 2. The summed E-state index contributed by atoms with van der Waals surface area (Å²) in [5, 5.41) is 32.0. The van der Waals surface area contributed by atoms with Gasteiger partial charge in [-0.15, -0.1) is 16.9 Å². The second kappa shape index (κ2) is 7.66. The predicted molar refractivity (Wildman–Crippen MR) is 85.3 cm³/mol. The summed E-state index contributed by atoms with van der Waals surface area (Å²) in [6.45, 7) is 0.218. The van der Waals surface area contributed by atoms with Crippen molar-refractivity contribution in [1.82, 2.24) is 34.7 Å². The van der Waals surface area contributed by atoms with E-state index >= 15 is 0 Å². The largest absolute Gasteiger partial charge is 0.394 e. The molecular weight excluding hydrogens is 334 g/mol. The zero-order valence-corrected chi connectivity index (χ0v) is 13.8. The van der Waals surface area contributed by atoms with E-state index in [1.165, 1.54) is 6.33 Å². The Bertz CT molecular complexity index is 806. The molecule has 3 aromatic rings. The fourth-order valence-corrected chi connectivity index (χ4v) is 2.66. The standard InChI is InChI=1S/C13H17N7O3S/c1-24-13-11-3-17-19(12(11)14-7-15-13)4-9-2-16-18-20(9)8-23-6-10(22)5-21/h2-3,7,10,21-22H,4-6,8H2,1H3. The summed E-state index contributed by atoms with van der Waals surface area (Å²) in [5.74, 6) is 0. The molecule has 0 aliphatic rings. The molecule has 1 unspecified atom stereocenters. The van der Waals surface area contributed by atoms with Gasteiger partial charge in [-0.3, -0.25) is 0 Å². The summed E-state index contributed by atoms with van der Waals surface area (Å²) in [7, 11) is 0. The minimum atomic E-state index is -0.909. The molecule has 11 heteroatoms. The van der Waals surface area contributed by atoms with Gasteiger partial charge in [-0.1, -0.05) is 5.21 Å². The smallest absolute Gasteiger partial charge is 0.162 e. The van der Waals surface area contributed by atoms with Crippen LogP contribution in [0.4, 0.5) is 0 Å². The molecule has 2 N–H and O–H groups in total. The zero-order valence-electron chi connectivity index (χ0n) is 13.0. The lowest BCUT2D eigenvalue weighted by atomic mass is 10.4. The Morgan fingerprint density at radius 3 is 2.96 bits per heavy atom. The first-order chi connectivity index (χ1) is 11.7. The molecule has 128 valence electrons. The van der Waals surface area contributed by atoms with Crippen molar-refractivity contribution in [3.8, 4) is 0 Å². The Kier molecular flexibility index (Phi) is 5.35. The van der Waals surface area contributed by atoms with Crippen molar-refractivity contribution in [2.24, 2.45) is 0 Å². The summed E-state index contributed by atoms with van der Waals surface area (Å²) in [6, 6.07) is 0. The molecule has 0 fully saturated rings. The zero-order chi connectivity index (χ0) is 16.9. The normalized spacial score (nSPS) is 12.8. The summed E-state index contributed by atoms with van der Waals surface area (Å²) in [4.78, 5) is 8.51. The lowest BCUT2D eigenvalue weighted by Crippen LogP contribution is -2.21. The number of aliphatic hydroxyl groups excluding tert-OH is 2. The Hall–Kier alpha value is -2.08. The monoisotopic (exact) mass is 351 g/mol. The first kappa shape index (κ1) is 16.8. The molecule has 0 amide bonds. The average Bonchev–Trinajstić information content (AvgIpc) is 3.22. The van der Waals surface area contributed by atoms with Crippen LogP contribution in [0.2, 0.25) is 0 Å². The molecule has 24 heavy (non-hydrogen) atoms. The topological polar surface area (TPSA) is 124 Å². The Labute approximate surface area is 141 Å². The summed E-state index contributed by atoms with van der Waals surface area (Å²) in [6.07, 6.45) is 5.92. The quantitative estimate of drug-likeness (QED) is 0.409. The van der Waals surface area contributed by atoms with Crippen molar-refractivity contribution in [1.29, 1.82) is 0 Å². The van der Waals surface area contributed by atoms with Gasteiger partial charge in [-0.25, -0.2) is 19.3 Å². The first-order valence-corrected chi connectivity index (χ1v) is 8.40. The highest BCUT2D eigenvalue weighted by molar-refractivity contribution is 7.98. The van der Waals surface area contributed by atoms with Gasteiger partial charge in [-0.05, 0) is 6.26 Å². The molecule has 0 aliphatic carbocycles. The number of fused-ring (bicyclic) bond motifs is 1. The van der Waals surface area contributed by atoms with Gasteiger partial charge in [0.05, 0.1) is 43.2 Å². The number of rotatable bonds is 8. The van der Waals surface area contributed by atoms with Crippen molar-refractivity contribution in [2.45, 2.75) is 24.4 Å². The Morgan fingerprint density at radius 2 is 2.17 bits per heavy atom. The van der Waals surface area contributed by atoms with E-state index in [0.29, 0.717) is 6.54 Å². The summed E-state index contributed by atoms with van der Waals surface area (Å²) in [5.41, 5.74) is 1.52. The first-order valence-electron chi connectivity index (χ1n) is 7.17. The third-order valence-corrected chi connectivity index (χ3v) is 4.05. The number of thioether (sulfide) groups is 1. The van der Waals surface area contributed by atoms with E-state index in [2.05, 4.69) is 25.4 Å². The maximum atomic E-state index is 9.28. The molecule has 0 radical (unpaired) electrons. The number of hydrogen-bond donors (Lipinski definition) is 2. The molecule has 10 nitrogen and oxygen atoms in total. The third-order valence-electron chi connectivity index (χ3n) is 3.33. The fourth-order valence-electron chi connectivity index (χ4n) is 2.14. The van der Waals surface area contributed by atoms with Gasteiger partial charge in [0.1, 0.15) is 24.2 Å². The van der Waals surface area contributed by atoms with E-state index in [-0.39, 0.29) is 19.9 Å². The van der Waals surface area contributed by atoms with Gasteiger partial charge in [0.2, 0.25) is 0 Å². The number of aromatic nitrogens is 7. The maximum Gasteiger partial charge on any atom is 0.162 e. The van der Waals surface area contributed by atoms with Gasteiger partial charge in [0.15, 0.2) is 5.65 Å². The lowest BCUT2D eigenvalue weighted by molar-refractivity contribution is -0.0217. The van der Waals surface area contributed by atoms with E-state index in [9.17, 15) is 5.11 Å². The molecule has 0 aliphatic heterocycles. The highest BCUT2D eigenvalue weighted by atomic mass is 32.2. The van der Waals surface area contributed by atoms with E-state index in [1.807, 2.05) is 6.26 Å². The average molecular weight is 351 g/mol. The predicted octanol–water partition coefficient (Wildman–Crippen LogP) is -0.485. The van der Waals surface area contributed by atoms with E-state index in [4.69, 9.17) is 9.84 Å². The molecule has 1 atom stereocenters. The molecule has 3 heterocycles. The van der Waals surface area contributed by atoms with Gasteiger partial charge < -0.3 is 14.9 Å². The molecule has 0 spiro atoms. The molecule has 3 rings (SSSR count).